The molecule has 2 atom stereocenters. The Morgan fingerprint density at radius 2 is 1.87 bits per heavy atom. The van der Waals surface area contributed by atoms with E-state index in [4.69, 9.17) is 4.99 Å². The summed E-state index contributed by atoms with van der Waals surface area (Å²) in [5.41, 5.74) is 1.11. The van der Waals surface area contributed by atoms with E-state index >= 15 is 0 Å². The zero-order chi connectivity index (χ0) is 15.9. The fraction of sp³-hybridized carbons (Fsp3) is 0.278. The second-order valence-corrected chi connectivity index (χ2v) is 6.30. The number of benzene rings is 1. The number of nitrogens with zero attached hydrogens (tertiary/aromatic N) is 1. The van der Waals surface area contributed by atoms with E-state index in [2.05, 4.69) is 36.4 Å². The van der Waals surface area contributed by atoms with Gasteiger partial charge in [0.25, 0.3) is 0 Å². The predicted molar refractivity (Wildman–Crippen MR) is 91.2 cm³/mol. The molecule has 1 heterocycles. The largest absolute Gasteiger partial charge is 0.317 e. The third-order valence-corrected chi connectivity index (χ3v) is 4.26. The van der Waals surface area contributed by atoms with Crippen molar-refractivity contribution in [3.05, 3.63) is 60.2 Å². The van der Waals surface area contributed by atoms with Gasteiger partial charge in [-0.05, 0) is 13.8 Å². The van der Waals surface area contributed by atoms with Crippen LogP contribution in [0.4, 0.5) is 0 Å². The molecule has 0 aromatic heterocycles. The number of hydrogen-bond donors (Lipinski definition) is 0. The minimum atomic E-state index is -0.0625. The Hall–Kier alpha value is -1.29. The minimum Gasteiger partial charge on any atom is -0.317 e. The van der Waals surface area contributed by atoms with Crippen molar-refractivity contribution in [1.82, 2.24) is 0 Å². The van der Waals surface area contributed by atoms with Gasteiger partial charge >= 0.3 is 0 Å². The molecule has 3 nitrogen and oxygen atoms in total. The van der Waals surface area contributed by atoms with Gasteiger partial charge in [-0.15, -0.1) is 47.7 Å². The average molecular weight is 505 g/mol. The van der Waals surface area contributed by atoms with Crippen LogP contribution in [0.5, 0.6) is 0 Å². The van der Waals surface area contributed by atoms with Crippen LogP contribution < -0.4 is 0 Å². The Morgan fingerprint density at radius 1 is 1.17 bits per heavy atom. The van der Waals surface area contributed by atoms with Crippen LogP contribution in [0.2, 0.25) is 0 Å². The summed E-state index contributed by atoms with van der Waals surface area (Å²) in [6.45, 7) is 2.81. The molecule has 1 aliphatic carbocycles. The summed E-state index contributed by atoms with van der Waals surface area (Å²) in [5.74, 6) is -0.125. The van der Waals surface area contributed by atoms with Crippen molar-refractivity contribution >= 4 is 28.4 Å². The molecule has 1 aliphatic heterocycles. The summed E-state index contributed by atoms with van der Waals surface area (Å²) >= 11 is 1.83. The smallest absolute Gasteiger partial charge is 0.137 e. The zero-order valence-electron chi connectivity index (χ0n) is 13.0. The van der Waals surface area contributed by atoms with Crippen LogP contribution in [0.1, 0.15) is 25.8 Å². The second-order valence-electron chi connectivity index (χ2n) is 5.13. The summed E-state index contributed by atoms with van der Waals surface area (Å²) in [5, 5.41) is 1.60. The maximum Gasteiger partial charge on any atom is 0.137 e. The predicted octanol–water partition coefficient (Wildman–Crippen LogP) is 3.40. The Bertz CT molecular complexity index is 626. The van der Waals surface area contributed by atoms with Gasteiger partial charge < -0.3 is 4.99 Å². The van der Waals surface area contributed by atoms with E-state index in [1.54, 1.807) is 0 Å². The normalized spacial score (nSPS) is 20.5. The number of ketones is 2. The van der Waals surface area contributed by atoms with Gasteiger partial charge in [0.05, 0.1) is 12.5 Å². The molecule has 3 rings (SSSR count). The zero-order valence-corrected chi connectivity index (χ0v) is 16.2. The van der Waals surface area contributed by atoms with E-state index in [0.29, 0.717) is 11.3 Å². The standard InChI is InChI=1S/C13H10NS.C5H8O2.Ir/c1-2-6-10(7-3-1)13-14-11-8-4-5-9-12(11)15-13;1-4(6)3-5(2)7;/h1-6,8-9,11-12H;3H2,1-2H3;/q-1;;. The molecule has 0 spiro atoms. The summed E-state index contributed by atoms with van der Waals surface area (Å²) in [6, 6.07) is 11.6. The third-order valence-electron chi connectivity index (χ3n) is 3.01. The number of carbonyl (C=O) groups excluding carboxylic acids is 2. The average Bonchev–Trinajstić information content (AvgIpc) is 2.91. The van der Waals surface area contributed by atoms with Crippen molar-refractivity contribution in [1.29, 1.82) is 0 Å². The number of rotatable bonds is 3. The molecule has 23 heavy (non-hydrogen) atoms. The first kappa shape index (κ1) is 19.8. The number of fused-ring (bicyclic) bond motifs is 1. The van der Waals surface area contributed by atoms with Gasteiger partial charge in [0.15, 0.2) is 0 Å². The first-order valence-corrected chi connectivity index (χ1v) is 7.99. The molecule has 1 aromatic carbocycles. The van der Waals surface area contributed by atoms with E-state index in [9.17, 15) is 9.59 Å². The van der Waals surface area contributed by atoms with Crippen LogP contribution in [-0.4, -0.2) is 27.9 Å². The fourth-order valence-electron chi connectivity index (χ4n) is 2.11. The van der Waals surface area contributed by atoms with Crippen molar-refractivity contribution in [2.75, 3.05) is 0 Å². The summed E-state index contributed by atoms with van der Waals surface area (Å²) in [7, 11) is 0. The van der Waals surface area contributed by atoms with Gasteiger partial charge in [0, 0.05) is 30.4 Å². The molecule has 0 N–H and O–H groups in total. The molecule has 5 heteroatoms. The number of allylic oxidation sites excluding steroid dienone is 2. The first-order chi connectivity index (χ1) is 10.6. The molecule has 2 aliphatic rings. The van der Waals surface area contributed by atoms with E-state index in [0.717, 1.165) is 10.6 Å². The molecular formula is C18H18IrNO2S-. The maximum absolute atomic E-state index is 10.0. The number of carbonyl (C=O) groups is 2. The van der Waals surface area contributed by atoms with Crippen molar-refractivity contribution < 1.29 is 29.7 Å². The van der Waals surface area contributed by atoms with Crippen LogP contribution in [0.3, 0.4) is 0 Å². The SMILES string of the molecule is CC(=O)CC(C)=O.[Ir].[c-]1ccccc1C1=NC2C=CC=CC2S1. The van der Waals surface area contributed by atoms with Gasteiger partial charge in [-0.2, -0.15) is 0 Å². The van der Waals surface area contributed by atoms with E-state index < -0.39 is 0 Å². The molecular weight excluding hydrogens is 486 g/mol. The Balaban J connectivity index is 0.000000287. The van der Waals surface area contributed by atoms with Crippen LogP contribution in [0, 0.1) is 6.07 Å². The molecule has 1 radical (unpaired) electrons. The van der Waals surface area contributed by atoms with Crippen molar-refractivity contribution in [3.63, 3.8) is 0 Å². The van der Waals surface area contributed by atoms with Crippen molar-refractivity contribution in [2.45, 2.75) is 31.6 Å². The molecule has 0 saturated carbocycles. The number of aliphatic imine (C=N–C) groups is 1. The summed E-state index contributed by atoms with van der Waals surface area (Å²) < 4.78 is 0. The van der Waals surface area contributed by atoms with Gasteiger partial charge in [-0.1, -0.05) is 24.3 Å². The number of Topliss-reactive ketones (excluding diaryl/α,β-unsaturated/α-hetero) is 2. The fourth-order valence-corrected chi connectivity index (χ4v) is 3.26. The van der Waals surface area contributed by atoms with Gasteiger partial charge in [0.2, 0.25) is 0 Å². The first-order valence-electron chi connectivity index (χ1n) is 7.11. The van der Waals surface area contributed by atoms with Gasteiger partial charge in [-0.3, -0.25) is 9.59 Å². The van der Waals surface area contributed by atoms with Crippen LogP contribution in [0.25, 0.3) is 0 Å². The van der Waals surface area contributed by atoms with Crippen LogP contribution in [0.15, 0.2) is 53.6 Å². The van der Waals surface area contributed by atoms with Crippen LogP contribution >= 0.6 is 11.8 Å². The molecule has 0 amide bonds. The number of thioether (sulfide) groups is 1. The van der Waals surface area contributed by atoms with Crippen LogP contribution in [-0.2, 0) is 29.7 Å². The Kier molecular flexibility index (Phi) is 8.38. The quantitative estimate of drug-likeness (QED) is 0.468. The van der Waals surface area contributed by atoms with E-state index in [-0.39, 0.29) is 38.1 Å². The third kappa shape index (κ3) is 6.38. The Labute approximate surface area is 154 Å². The van der Waals surface area contributed by atoms with Gasteiger partial charge in [0.1, 0.15) is 11.6 Å². The monoisotopic (exact) mass is 505 g/mol. The van der Waals surface area contributed by atoms with E-state index in [1.165, 1.54) is 13.8 Å². The number of hydrogen-bond acceptors (Lipinski definition) is 4. The molecule has 0 bridgehead atoms. The molecule has 0 fully saturated rings. The molecule has 0 saturated heterocycles. The van der Waals surface area contributed by atoms with Gasteiger partial charge in [-0.25, -0.2) is 0 Å². The van der Waals surface area contributed by atoms with Crippen molar-refractivity contribution in [3.8, 4) is 0 Å². The maximum atomic E-state index is 10.0. The van der Waals surface area contributed by atoms with Crippen molar-refractivity contribution in [2.24, 2.45) is 4.99 Å². The summed E-state index contributed by atoms with van der Waals surface area (Å²) in [4.78, 5) is 24.8. The molecule has 123 valence electrons. The minimum absolute atomic E-state index is 0. The summed E-state index contributed by atoms with van der Waals surface area (Å²) in [6.07, 6.45) is 8.63. The molecule has 2 unspecified atom stereocenters. The topological polar surface area (TPSA) is 46.5 Å². The second kappa shape index (κ2) is 9.76. The Morgan fingerprint density at radius 3 is 2.39 bits per heavy atom. The van der Waals surface area contributed by atoms with E-state index in [1.807, 2.05) is 30.0 Å². The molecule has 1 aromatic rings.